The predicted molar refractivity (Wildman–Crippen MR) is 143 cm³/mol. The molecule has 1 atom stereocenters. The molecule has 0 aliphatic rings. The lowest BCUT2D eigenvalue weighted by molar-refractivity contribution is -0.151. The van der Waals surface area contributed by atoms with Gasteiger partial charge in [-0.25, -0.2) is 14.4 Å². The first-order valence-electron chi connectivity index (χ1n) is 11.5. The number of hydrogen-bond donors (Lipinski definition) is 0. The molecule has 4 rings (SSSR count). The van der Waals surface area contributed by atoms with Crippen molar-refractivity contribution in [3.05, 3.63) is 117 Å². The van der Waals surface area contributed by atoms with Crippen molar-refractivity contribution in [3.63, 3.8) is 0 Å². The highest BCUT2D eigenvalue weighted by Gasteiger charge is 2.36. The minimum atomic E-state index is -1.57. The Hall–Kier alpha value is -4.07. The topological polar surface area (TPSA) is 83.8 Å². The molecule has 0 saturated heterocycles. The first-order chi connectivity index (χ1) is 18.3. The van der Waals surface area contributed by atoms with E-state index in [-0.39, 0.29) is 28.5 Å². The largest absolute Gasteiger partial charge is 0.466 e. The monoisotopic (exact) mass is 551 g/mol. The summed E-state index contributed by atoms with van der Waals surface area (Å²) in [6, 6.07) is 24.1. The Labute approximate surface area is 229 Å². The van der Waals surface area contributed by atoms with Gasteiger partial charge >= 0.3 is 17.9 Å². The Balaban J connectivity index is 1.97. The van der Waals surface area contributed by atoms with Crippen LogP contribution < -0.4 is 0 Å². The van der Waals surface area contributed by atoms with Crippen LogP contribution in [0.5, 0.6) is 0 Å². The summed E-state index contributed by atoms with van der Waals surface area (Å²) in [7, 11) is 2.44. The van der Waals surface area contributed by atoms with E-state index in [0.29, 0.717) is 16.1 Å². The van der Waals surface area contributed by atoms with Crippen molar-refractivity contribution in [2.45, 2.75) is 12.6 Å². The van der Waals surface area contributed by atoms with Gasteiger partial charge in [0.1, 0.15) is 5.69 Å². The van der Waals surface area contributed by atoms with Crippen molar-refractivity contribution >= 4 is 41.1 Å². The van der Waals surface area contributed by atoms with Crippen molar-refractivity contribution in [1.82, 2.24) is 4.57 Å². The number of benzene rings is 3. The van der Waals surface area contributed by atoms with Crippen LogP contribution in [0, 0.1) is 0 Å². The maximum Gasteiger partial charge on any atom is 0.354 e. The number of aromatic nitrogens is 1. The average Bonchev–Trinajstić information content (AvgIpc) is 3.30. The summed E-state index contributed by atoms with van der Waals surface area (Å²) in [4.78, 5) is 39.3. The Morgan fingerprint density at radius 3 is 2.03 bits per heavy atom. The van der Waals surface area contributed by atoms with Gasteiger partial charge < -0.3 is 18.8 Å². The van der Waals surface area contributed by atoms with Crippen LogP contribution >= 0.6 is 23.2 Å². The zero-order valence-corrected chi connectivity index (χ0v) is 22.0. The highest BCUT2D eigenvalue weighted by molar-refractivity contribution is 6.34. The third kappa shape index (κ3) is 5.59. The first-order valence-corrected chi connectivity index (χ1v) is 12.2. The number of halogens is 2. The molecule has 0 N–H and O–H groups in total. The number of esters is 3. The van der Waals surface area contributed by atoms with Gasteiger partial charge in [0.2, 0.25) is 6.10 Å². The first kappa shape index (κ1) is 27.0. The lowest BCUT2D eigenvalue weighted by Crippen LogP contribution is -2.26. The van der Waals surface area contributed by atoms with E-state index in [1.807, 2.05) is 30.3 Å². The van der Waals surface area contributed by atoms with Gasteiger partial charge in [0.25, 0.3) is 0 Å². The van der Waals surface area contributed by atoms with Crippen molar-refractivity contribution in [3.8, 4) is 11.1 Å². The third-order valence-electron chi connectivity index (χ3n) is 5.86. The Morgan fingerprint density at radius 2 is 1.39 bits per heavy atom. The Bertz CT molecular complexity index is 1480. The van der Waals surface area contributed by atoms with Crippen LogP contribution in [-0.4, -0.2) is 36.7 Å². The maximum atomic E-state index is 13.2. The second kappa shape index (κ2) is 12.0. The average molecular weight is 552 g/mol. The van der Waals surface area contributed by atoms with Crippen molar-refractivity contribution in [2.24, 2.45) is 0 Å². The second-order valence-electron chi connectivity index (χ2n) is 8.16. The SMILES string of the molecule is COC(=O)c1cc(-c2ccccc2Cl)c(C(OC(=O)c2ccccc2Cl)C(=O)OC)n1Cc1ccccc1. The number of nitrogens with zero attached hydrogens (tertiary/aromatic N) is 1. The lowest BCUT2D eigenvalue weighted by atomic mass is 10.0. The van der Waals surface area contributed by atoms with E-state index in [4.69, 9.17) is 37.4 Å². The van der Waals surface area contributed by atoms with Gasteiger partial charge in [-0.1, -0.05) is 83.9 Å². The van der Waals surface area contributed by atoms with Crippen LogP contribution in [0.2, 0.25) is 10.0 Å². The number of carbonyl (C=O) groups is 3. The molecule has 3 aromatic carbocycles. The fraction of sp³-hybridized carbons (Fsp3) is 0.138. The van der Waals surface area contributed by atoms with E-state index in [1.165, 1.54) is 26.4 Å². The highest BCUT2D eigenvalue weighted by Crippen LogP contribution is 2.39. The maximum absolute atomic E-state index is 13.2. The molecule has 0 spiro atoms. The molecule has 0 saturated carbocycles. The van der Waals surface area contributed by atoms with Crippen molar-refractivity contribution in [2.75, 3.05) is 14.2 Å². The molecule has 38 heavy (non-hydrogen) atoms. The normalized spacial score (nSPS) is 11.5. The standard InChI is InChI=1S/C29H23Cl2NO6/c1-36-28(34)24-16-21(19-12-6-8-14-22(19)30)25(32(24)17-18-10-4-3-5-11-18)26(29(35)37-2)38-27(33)20-13-7-9-15-23(20)31/h3-16,26H,17H2,1-2H3. The molecule has 4 aromatic rings. The van der Waals surface area contributed by atoms with Gasteiger partial charge in [0.15, 0.2) is 0 Å². The van der Waals surface area contributed by atoms with E-state index in [1.54, 1.807) is 47.0 Å². The molecule has 0 aliphatic heterocycles. The molecule has 0 amide bonds. The molecule has 9 heteroatoms. The molecule has 7 nitrogen and oxygen atoms in total. The number of hydrogen-bond acceptors (Lipinski definition) is 6. The molecule has 0 radical (unpaired) electrons. The third-order valence-corrected chi connectivity index (χ3v) is 6.52. The van der Waals surface area contributed by atoms with Crippen LogP contribution in [0.25, 0.3) is 11.1 Å². The summed E-state index contributed by atoms with van der Waals surface area (Å²) in [6.07, 6.45) is -1.57. The van der Waals surface area contributed by atoms with Gasteiger partial charge in [0.05, 0.1) is 30.5 Å². The van der Waals surface area contributed by atoms with E-state index >= 15 is 0 Å². The van der Waals surface area contributed by atoms with Gasteiger partial charge in [-0.05, 0) is 29.8 Å². The van der Waals surface area contributed by atoms with E-state index < -0.39 is 24.0 Å². The zero-order valence-electron chi connectivity index (χ0n) is 20.5. The summed E-state index contributed by atoms with van der Waals surface area (Å²) in [5.41, 5.74) is 2.12. The smallest absolute Gasteiger partial charge is 0.354 e. The summed E-state index contributed by atoms with van der Waals surface area (Å²) in [6.45, 7) is 0.155. The van der Waals surface area contributed by atoms with Crippen LogP contribution in [0.3, 0.4) is 0 Å². The number of ether oxygens (including phenoxy) is 3. The summed E-state index contributed by atoms with van der Waals surface area (Å²) < 4.78 is 17.4. The molecule has 1 aromatic heterocycles. The fourth-order valence-corrected chi connectivity index (χ4v) is 4.52. The summed E-state index contributed by atoms with van der Waals surface area (Å²) in [5.74, 6) is -2.35. The number of methoxy groups -OCH3 is 2. The Morgan fingerprint density at radius 1 is 0.763 bits per heavy atom. The van der Waals surface area contributed by atoms with Crippen molar-refractivity contribution in [1.29, 1.82) is 0 Å². The van der Waals surface area contributed by atoms with Crippen LogP contribution in [0.15, 0.2) is 84.9 Å². The van der Waals surface area contributed by atoms with Crippen molar-refractivity contribution < 1.29 is 28.6 Å². The van der Waals surface area contributed by atoms with E-state index in [2.05, 4.69) is 0 Å². The number of carbonyl (C=O) groups excluding carboxylic acids is 3. The molecular weight excluding hydrogens is 529 g/mol. The summed E-state index contributed by atoms with van der Waals surface area (Å²) >= 11 is 12.8. The minimum Gasteiger partial charge on any atom is -0.466 e. The molecule has 1 heterocycles. The van der Waals surface area contributed by atoms with E-state index in [9.17, 15) is 14.4 Å². The van der Waals surface area contributed by atoms with Gasteiger partial charge in [-0.15, -0.1) is 0 Å². The molecule has 194 valence electrons. The van der Waals surface area contributed by atoms with Crippen LogP contribution in [0.1, 0.15) is 38.2 Å². The van der Waals surface area contributed by atoms with Gasteiger partial charge in [-0.2, -0.15) is 0 Å². The lowest BCUT2D eigenvalue weighted by Gasteiger charge is -2.21. The Kier molecular flexibility index (Phi) is 8.51. The predicted octanol–water partition coefficient (Wildman–Crippen LogP) is 6.37. The van der Waals surface area contributed by atoms with Gasteiger partial charge in [0, 0.05) is 22.7 Å². The van der Waals surface area contributed by atoms with E-state index in [0.717, 1.165) is 5.56 Å². The molecule has 0 fully saturated rings. The highest BCUT2D eigenvalue weighted by atomic mass is 35.5. The summed E-state index contributed by atoms with van der Waals surface area (Å²) in [5, 5.41) is 0.519. The quantitative estimate of drug-likeness (QED) is 0.187. The molecule has 0 aliphatic carbocycles. The zero-order chi connectivity index (χ0) is 27.2. The fourth-order valence-electron chi connectivity index (χ4n) is 4.07. The molecule has 1 unspecified atom stereocenters. The number of rotatable bonds is 8. The molecular formula is C29H23Cl2NO6. The molecule has 0 bridgehead atoms. The minimum absolute atomic E-state index is 0.0664. The van der Waals surface area contributed by atoms with Gasteiger partial charge in [-0.3, -0.25) is 0 Å². The van der Waals surface area contributed by atoms with Crippen LogP contribution in [0.4, 0.5) is 0 Å². The second-order valence-corrected chi connectivity index (χ2v) is 8.97. The van der Waals surface area contributed by atoms with Crippen LogP contribution in [-0.2, 0) is 25.5 Å².